The van der Waals surface area contributed by atoms with Gasteiger partial charge in [0.05, 0.1) is 24.0 Å². The molecule has 1 aromatic rings. The third-order valence-electron chi connectivity index (χ3n) is 6.08. The summed E-state index contributed by atoms with van der Waals surface area (Å²) in [5.74, 6) is -0.851. The van der Waals surface area contributed by atoms with Gasteiger partial charge in [0.2, 0.25) is 17.7 Å². The van der Waals surface area contributed by atoms with Crippen LogP contribution in [0.4, 0.5) is 5.69 Å². The van der Waals surface area contributed by atoms with Crippen LogP contribution in [-0.2, 0) is 19.1 Å². The Labute approximate surface area is 175 Å². The predicted molar refractivity (Wildman–Crippen MR) is 109 cm³/mol. The lowest BCUT2D eigenvalue weighted by Crippen LogP contribution is -2.35. The Hall–Kier alpha value is -2.96. The van der Waals surface area contributed by atoms with Gasteiger partial charge in [-0.3, -0.25) is 19.3 Å². The highest BCUT2D eigenvalue weighted by molar-refractivity contribution is 6.06. The van der Waals surface area contributed by atoms with Gasteiger partial charge in [-0.15, -0.1) is 0 Å². The van der Waals surface area contributed by atoms with Crippen molar-refractivity contribution < 1.29 is 23.9 Å². The van der Waals surface area contributed by atoms with Gasteiger partial charge in [-0.25, -0.2) is 4.79 Å². The van der Waals surface area contributed by atoms with Gasteiger partial charge in [-0.05, 0) is 48.4 Å². The number of carbonyl (C=O) groups excluding carboxylic acids is 4. The average Bonchev–Trinajstić information content (AvgIpc) is 3.39. The van der Waals surface area contributed by atoms with Crippen LogP contribution in [-0.4, -0.2) is 41.7 Å². The van der Waals surface area contributed by atoms with Gasteiger partial charge in [0.25, 0.3) is 0 Å². The average molecular weight is 410 g/mol. The van der Waals surface area contributed by atoms with Crippen LogP contribution in [0.15, 0.2) is 36.4 Å². The fourth-order valence-corrected chi connectivity index (χ4v) is 4.64. The molecule has 30 heavy (non-hydrogen) atoms. The molecule has 1 N–H and O–H groups in total. The second-order valence-corrected chi connectivity index (χ2v) is 8.70. The van der Waals surface area contributed by atoms with Crippen molar-refractivity contribution in [2.75, 3.05) is 18.5 Å². The van der Waals surface area contributed by atoms with Gasteiger partial charge in [-0.2, -0.15) is 0 Å². The molecule has 158 valence electrons. The summed E-state index contributed by atoms with van der Waals surface area (Å²) in [7, 11) is 0. The molecule has 0 radical (unpaired) electrons. The highest BCUT2D eigenvalue weighted by Gasteiger charge is 2.59. The number of esters is 1. The quantitative estimate of drug-likeness (QED) is 0.424. The molecule has 2 bridgehead atoms. The summed E-state index contributed by atoms with van der Waals surface area (Å²) in [5, 5.41) is 2.74. The van der Waals surface area contributed by atoms with E-state index in [9.17, 15) is 19.2 Å². The number of nitrogens with zero attached hydrogens (tertiary/aromatic N) is 1. The molecular weight excluding hydrogens is 384 g/mol. The zero-order valence-electron chi connectivity index (χ0n) is 17.2. The van der Waals surface area contributed by atoms with Gasteiger partial charge < -0.3 is 10.1 Å². The fourth-order valence-electron chi connectivity index (χ4n) is 4.64. The van der Waals surface area contributed by atoms with Gasteiger partial charge >= 0.3 is 5.97 Å². The number of nitrogens with one attached hydrogen (secondary N) is 1. The number of allylic oxidation sites excluding steroid dienone is 2. The maximum atomic E-state index is 12.7. The molecular formula is C23H26N2O5. The van der Waals surface area contributed by atoms with Crippen molar-refractivity contribution in [3.05, 3.63) is 42.0 Å². The SMILES string of the molecule is CC(C)COC(=O)c1ccc(NC(=O)CCN2C(=O)[C@@H]3[C@@H](C2=O)[C@@H]2C=C[C@@H]3C2)cc1. The summed E-state index contributed by atoms with van der Waals surface area (Å²) in [6, 6.07) is 6.44. The van der Waals surface area contributed by atoms with E-state index in [0.717, 1.165) is 6.42 Å². The molecule has 7 nitrogen and oxygen atoms in total. The highest BCUT2D eigenvalue weighted by atomic mass is 16.5. The van der Waals surface area contributed by atoms with Crippen LogP contribution in [0.2, 0.25) is 0 Å². The van der Waals surface area contributed by atoms with E-state index in [0.29, 0.717) is 17.9 Å². The normalized spacial score (nSPS) is 26.4. The van der Waals surface area contributed by atoms with Gasteiger partial charge in [0, 0.05) is 18.7 Å². The lowest BCUT2D eigenvalue weighted by atomic mass is 9.85. The monoisotopic (exact) mass is 410 g/mol. The van der Waals surface area contributed by atoms with Crippen LogP contribution in [0.1, 0.15) is 37.0 Å². The van der Waals surface area contributed by atoms with Crippen LogP contribution in [0.25, 0.3) is 0 Å². The first-order valence-electron chi connectivity index (χ1n) is 10.5. The van der Waals surface area contributed by atoms with E-state index in [1.807, 2.05) is 13.8 Å². The minimum atomic E-state index is -0.401. The summed E-state index contributed by atoms with van der Waals surface area (Å²) < 4.78 is 5.18. The predicted octanol–water partition coefficient (Wildman–Crippen LogP) is 2.64. The van der Waals surface area contributed by atoms with E-state index in [1.54, 1.807) is 24.3 Å². The number of fused-ring (bicyclic) bond motifs is 5. The molecule has 4 atom stereocenters. The maximum Gasteiger partial charge on any atom is 0.338 e. The first kappa shape index (κ1) is 20.3. The van der Waals surface area contributed by atoms with Crippen LogP contribution >= 0.6 is 0 Å². The lowest BCUT2D eigenvalue weighted by molar-refractivity contribution is -0.140. The molecule has 1 aromatic carbocycles. The van der Waals surface area contributed by atoms with Crippen LogP contribution in [0.5, 0.6) is 0 Å². The van der Waals surface area contributed by atoms with Crippen molar-refractivity contribution >= 4 is 29.4 Å². The van der Waals surface area contributed by atoms with Crippen molar-refractivity contribution in [1.82, 2.24) is 4.90 Å². The number of benzene rings is 1. The Balaban J connectivity index is 1.28. The zero-order valence-corrected chi connectivity index (χ0v) is 17.2. The third kappa shape index (κ3) is 3.76. The molecule has 1 saturated carbocycles. The number of rotatable bonds is 7. The second-order valence-electron chi connectivity index (χ2n) is 8.70. The number of hydrogen-bond donors (Lipinski definition) is 1. The van der Waals surface area contributed by atoms with Crippen LogP contribution in [0.3, 0.4) is 0 Å². The smallest absolute Gasteiger partial charge is 0.338 e. The number of amides is 3. The summed E-state index contributed by atoms with van der Waals surface area (Å²) in [5.41, 5.74) is 0.954. The van der Waals surface area contributed by atoms with Gasteiger partial charge in [0.15, 0.2) is 0 Å². The van der Waals surface area contributed by atoms with E-state index in [4.69, 9.17) is 4.74 Å². The molecule has 3 aliphatic rings. The largest absolute Gasteiger partial charge is 0.462 e. The second kappa shape index (κ2) is 8.05. The van der Waals surface area contributed by atoms with E-state index < -0.39 is 5.97 Å². The minimum absolute atomic E-state index is 0.0395. The standard InChI is InChI=1S/C23H26N2O5/c1-13(2)12-30-23(29)14-5-7-17(8-6-14)24-18(26)9-10-25-21(27)19-15-3-4-16(11-15)20(19)22(25)28/h3-8,13,15-16,19-20H,9-12H2,1-2H3,(H,24,26)/t15-,16-,19+,20+/m1/s1. The molecule has 0 spiro atoms. The van der Waals surface area contributed by atoms with Crippen molar-refractivity contribution in [2.45, 2.75) is 26.7 Å². The molecule has 1 aliphatic heterocycles. The molecule has 3 amide bonds. The third-order valence-corrected chi connectivity index (χ3v) is 6.08. The summed E-state index contributed by atoms with van der Waals surface area (Å²) >= 11 is 0. The Morgan fingerprint density at radius 2 is 1.67 bits per heavy atom. The van der Waals surface area contributed by atoms with E-state index in [-0.39, 0.29) is 60.3 Å². The van der Waals surface area contributed by atoms with Crippen molar-refractivity contribution in [2.24, 2.45) is 29.6 Å². The zero-order chi connectivity index (χ0) is 21.4. The van der Waals surface area contributed by atoms with Crippen molar-refractivity contribution in [1.29, 1.82) is 0 Å². The number of imide groups is 1. The molecule has 4 rings (SSSR count). The van der Waals surface area contributed by atoms with Crippen molar-refractivity contribution in [3.8, 4) is 0 Å². The van der Waals surface area contributed by atoms with Gasteiger partial charge in [0.1, 0.15) is 0 Å². The number of carbonyl (C=O) groups is 4. The highest BCUT2D eigenvalue weighted by Crippen LogP contribution is 2.52. The molecule has 2 fully saturated rings. The Morgan fingerprint density at radius 1 is 1.07 bits per heavy atom. The number of ether oxygens (including phenoxy) is 1. The van der Waals surface area contributed by atoms with Gasteiger partial charge in [-0.1, -0.05) is 26.0 Å². The molecule has 0 unspecified atom stereocenters. The number of anilines is 1. The van der Waals surface area contributed by atoms with Crippen molar-refractivity contribution in [3.63, 3.8) is 0 Å². The molecule has 1 heterocycles. The van der Waals surface area contributed by atoms with Crippen LogP contribution < -0.4 is 5.32 Å². The van der Waals surface area contributed by atoms with Crippen LogP contribution in [0, 0.1) is 29.6 Å². The topological polar surface area (TPSA) is 92.8 Å². The maximum absolute atomic E-state index is 12.7. The van der Waals surface area contributed by atoms with E-state index in [2.05, 4.69) is 17.5 Å². The first-order valence-corrected chi connectivity index (χ1v) is 10.5. The first-order chi connectivity index (χ1) is 14.3. The lowest BCUT2D eigenvalue weighted by Gasteiger charge is -2.17. The molecule has 1 saturated heterocycles. The summed E-state index contributed by atoms with van der Waals surface area (Å²) in [4.78, 5) is 50.8. The van der Waals surface area contributed by atoms with E-state index in [1.165, 1.54) is 4.90 Å². The summed E-state index contributed by atoms with van der Waals surface area (Å²) in [6.07, 6.45) is 5.03. The molecule has 2 aliphatic carbocycles. The fraction of sp³-hybridized carbons (Fsp3) is 0.478. The molecule has 0 aromatic heterocycles. The minimum Gasteiger partial charge on any atom is -0.462 e. The Morgan fingerprint density at radius 3 is 2.23 bits per heavy atom. The Kier molecular flexibility index (Phi) is 5.45. The summed E-state index contributed by atoms with van der Waals surface area (Å²) in [6.45, 7) is 4.37. The number of hydrogen-bond acceptors (Lipinski definition) is 5. The van der Waals surface area contributed by atoms with E-state index >= 15 is 0 Å². The Bertz CT molecular complexity index is 875. The number of likely N-dealkylation sites (tertiary alicyclic amines) is 1. The molecule has 7 heteroatoms.